The van der Waals surface area contributed by atoms with Crippen molar-refractivity contribution in [2.24, 2.45) is 0 Å². The number of hydrogen-bond donors (Lipinski definition) is 2. The summed E-state index contributed by atoms with van der Waals surface area (Å²) in [5, 5.41) is 9.74. The average molecular weight is 459 g/mol. The van der Waals surface area contributed by atoms with Crippen molar-refractivity contribution in [2.75, 3.05) is 11.9 Å². The number of nitrogens with zero attached hydrogens (tertiary/aromatic N) is 3. The Bertz CT molecular complexity index is 1170. The Balaban J connectivity index is 1.89. The van der Waals surface area contributed by atoms with Gasteiger partial charge in [0.15, 0.2) is 5.82 Å². The molecule has 2 amide bonds. The first-order chi connectivity index (χ1) is 15.5. The van der Waals surface area contributed by atoms with E-state index in [1.54, 1.807) is 25.1 Å². The molecular weight excluding hydrogens is 435 g/mol. The van der Waals surface area contributed by atoms with Gasteiger partial charge in [0, 0.05) is 24.0 Å². The van der Waals surface area contributed by atoms with Gasteiger partial charge in [0.25, 0.3) is 11.8 Å². The minimum Gasteiger partial charge on any atom is -0.352 e. The van der Waals surface area contributed by atoms with E-state index in [1.165, 1.54) is 16.9 Å². The summed E-state index contributed by atoms with van der Waals surface area (Å²) >= 11 is 0. The number of aryl methyl sites for hydroxylation is 1. The van der Waals surface area contributed by atoms with Gasteiger partial charge in [-0.25, -0.2) is 9.67 Å². The highest BCUT2D eigenvalue weighted by Gasteiger charge is 2.31. The van der Waals surface area contributed by atoms with Gasteiger partial charge in [-0.3, -0.25) is 9.59 Å². The molecule has 3 rings (SSSR count). The number of nitrogens with one attached hydrogen (secondary N) is 2. The van der Waals surface area contributed by atoms with Crippen LogP contribution < -0.4 is 10.6 Å². The maximum Gasteiger partial charge on any atom is 0.417 e. The quantitative estimate of drug-likeness (QED) is 0.558. The molecule has 0 aliphatic heterocycles. The molecule has 0 spiro atoms. The molecule has 0 bridgehead atoms. The fourth-order valence-electron chi connectivity index (χ4n) is 3.35. The summed E-state index contributed by atoms with van der Waals surface area (Å²) < 4.78 is 39.9. The first-order valence-electron chi connectivity index (χ1n) is 10.3. The zero-order valence-corrected chi connectivity index (χ0v) is 18.6. The lowest BCUT2D eigenvalue weighted by molar-refractivity contribution is -0.137. The monoisotopic (exact) mass is 459 g/mol. The zero-order chi connectivity index (χ0) is 24.3. The number of carbonyl (C=O) groups is 2. The average Bonchev–Trinajstić information content (AvgIpc) is 3.20. The molecular formula is C23H24F3N5O2. The van der Waals surface area contributed by atoms with Crippen LogP contribution in [0, 0.1) is 6.92 Å². The van der Waals surface area contributed by atoms with Gasteiger partial charge < -0.3 is 10.6 Å². The second-order valence-corrected chi connectivity index (χ2v) is 7.76. The standard InChI is InChI=1S/C23H24F3N5O2/c1-5-27-21(32)15-6-8-18(14(4)10-15)30-22(33)17-12-29-31(20(17)13(2)3)19-9-7-16(11-28-19)23(24,25)26/h6-13H,5H2,1-4H3,(H,27,32)(H,30,33). The molecule has 7 nitrogen and oxygen atoms in total. The second kappa shape index (κ2) is 9.43. The number of anilines is 1. The lowest BCUT2D eigenvalue weighted by Gasteiger charge is -2.14. The lowest BCUT2D eigenvalue weighted by atomic mass is 10.0. The highest BCUT2D eigenvalue weighted by Crippen LogP contribution is 2.30. The van der Waals surface area contributed by atoms with Crippen LogP contribution in [0.25, 0.3) is 5.82 Å². The van der Waals surface area contributed by atoms with Gasteiger partial charge in [-0.15, -0.1) is 0 Å². The Hall–Kier alpha value is -3.69. The topological polar surface area (TPSA) is 88.9 Å². The fraction of sp³-hybridized carbons (Fsp3) is 0.304. The van der Waals surface area contributed by atoms with E-state index in [2.05, 4.69) is 20.7 Å². The van der Waals surface area contributed by atoms with Crippen molar-refractivity contribution in [3.8, 4) is 5.82 Å². The van der Waals surface area contributed by atoms with E-state index in [0.29, 0.717) is 29.1 Å². The number of alkyl halides is 3. The van der Waals surface area contributed by atoms with Gasteiger partial charge in [-0.05, 0) is 55.7 Å². The van der Waals surface area contributed by atoms with Crippen molar-refractivity contribution in [1.29, 1.82) is 0 Å². The van der Waals surface area contributed by atoms with Crippen molar-refractivity contribution in [3.63, 3.8) is 0 Å². The van der Waals surface area contributed by atoms with Crippen molar-refractivity contribution >= 4 is 17.5 Å². The van der Waals surface area contributed by atoms with Crippen molar-refractivity contribution in [1.82, 2.24) is 20.1 Å². The maximum atomic E-state index is 13.0. The Morgan fingerprint density at radius 1 is 1.09 bits per heavy atom. The molecule has 2 N–H and O–H groups in total. The van der Waals surface area contributed by atoms with E-state index in [0.717, 1.165) is 12.3 Å². The number of aromatic nitrogens is 3. The van der Waals surface area contributed by atoms with Crippen LogP contribution in [0.3, 0.4) is 0 Å². The van der Waals surface area contributed by atoms with Crippen LogP contribution >= 0.6 is 0 Å². The summed E-state index contributed by atoms with van der Waals surface area (Å²) in [6, 6.07) is 7.09. The van der Waals surface area contributed by atoms with Gasteiger partial charge in [-0.1, -0.05) is 13.8 Å². The van der Waals surface area contributed by atoms with E-state index >= 15 is 0 Å². The summed E-state index contributed by atoms with van der Waals surface area (Å²) in [5.74, 6) is -0.622. The predicted octanol–water partition coefficient (Wildman–Crippen LogP) is 4.72. The molecule has 33 heavy (non-hydrogen) atoms. The number of amides is 2. The highest BCUT2D eigenvalue weighted by molar-refractivity contribution is 6.06. The number of carbonyl (C=O) groups excluding carboxylic acids is 2. The maximum absolute atomic E-state index is 13.0. The number of halogens is 3. The first kappa shape index (κ1) is 24.0. The molecule has 174 valence electrons. The van der Waals surface area contributed by atoms with Gasteiger partial charge in [0.1, 0.15) is 0 Å². The van der Waals surface area contributed by atoms with Crippen LogP contribution in [-0.4, -0.2) is 33.1 Å². The van der Waals surface area contributed by atoms with Gasteiger partial charge >= 0.3 is 6.18 Å². The van der Waals surface area contributed by atoms with E-state index < -0.39 is 17.6 Å². The van der Waals surface area contributed by atoms with Crippen molar-refractivity contribution < 1.29 is 22.8 Å². The molecule has 0 radical (unpaired) electrons. The normalized spacial score (nSPS) is 11.5. The first-order valence-corrected chi connectivity index (χ1v) is 10.3. The lowest BCUT2D eigenvalue weighted by Crippen LogP contribution is -2.23. The molecule has 1 aromatic carbocycles. The number of hydrogen-bond acceptors (Lipinski definition) is 4. The Morgan fingerprint density at radius 3 is 2.36 bits per heavy atom. The summed E-state index contributed by atoms with van der Waals surface area (Å²) in [6.45, 7) is 7.80. The number of benzene rings is 1. The largest absolute Gasteiger partial charge is 0.417 e. The van der Waals surface area contributed by atoms with Gasteiger partial charge in [0.2, 0.25) is 0 Å². The molecule has 0 saturated heterocycles. The second-order valence-electron chi connectivity index (χ2n) is 7.76. The van der Waals surface area contributed by atoms with E-state index in [9.17, 15) is 22.8 Å². The minimum atomic E-state index is -4.49. The smallest absolute Gasteiger partial charge is 0.352 e. The molecule has 3 aromatic rings. The molecule has 0 saturated carbocycles. The molecule has 0 atom stereocenters. The number of pyridine rings is 1. The van der Waals surface area contributed by atoms with Gasteiger partial charge in [-0.2, -0.15) is 18.3 Å². The SMILES string of the molecule is CCNC(=O)c1ccc(NC(=O)c2cnn(-c3ccc(C(F)(F)F)cn3)c2C(C)C)c(C)c1. The molecule has 0 aliphatic rings. The zero-order valence-electron chi connectivity index (χ0n) is 18.6. The molecule has 0 fully saturated rings. The van der Waals surface area contributed by atoms with Crippen LogP contribution in [0.5, 0.6) is 0 Å². The summed E-state index contributed by atoms with van der Waals surface area (Å²) in [4.78, 5) is 28.9. The Labute approximate surface area is 189 Å². The fourth-order valence-corrected chi connectivity index (χ4v) is 3.35. The third kappa shape index (κ3) is 5.21. The van der Waals surface area contributed by atoms with Crippen LogP contribution in [0.2, 0.25) is 0 Å². The molecule has 2 heterocycles. The third-order valence-electron chi connectivity index (χ3n) is 4.96. The van der Waals surface area contributed by atoms with Crippen LogP contribution in [-0.2, 0) is 6.18 Å². The molecule has 0 unspecified atom stereocenters. The minimum absolute atomic E-state index is 0.168. The molecule has 2 aromatic heterocycles. The van der Waals surface area contributed by atoms with Crippen molar-refractivity contribution in [3.05, 3.63) is 70.7 Å². The van der Waals surface area contributed by atoms with Gasteiger partial charge in [0.05, 0.1) is 23.0 Å². The Kier molecular flexibility index (Phi) is 6.85. The summed E-state index contributed by atoms with van der Waals surface area (Å²) in [5.41, 5.74) is 1.64. The van der Waals surface area contributed by atoms with E-state index in [4.69, 9.17) is 0 Å². The van der Waals surface area contributed by atoms with Crippen molar-refractivity contribution in [2.45, 2.75) is 39.8 Å². The van der Waals surface area contributed by atoms with E-state index in [1.807, 2.05) is 20.8 Å². The Morgan fingerprint density at radius 2 is 1.82 bits per heavy atom. The predicted molar refractivity (Wildman–Crippen MR) is 118 cm³/mol. The summed E-state index contributed by atoms with van der Waals surface area (Å²) in [6.07, 6.45) is -2.39. The highest BCUT2D eigenvalue weighted by atomic mass is 19.4. The van der Waals surface area contributed by atoms with Crippen LogP contribution in [0.1, 0.15) is 64.2 Å². The summed E-state index contributed by atoms with van der Waals surface area (Å²) in [7, 11) is 0. The van der Waals surface area contributed by atoms with Crippen LogP contribution in [0.4, 0.5) is 18.9 Å². The van der Waals surface area contributed by atoms with E-state index in [-0.39, 0.29) is 23.2 Å². The molecule has 0 aliphatic carbocycles. The third-order valence-corrected chi connectivity index (χ3v) is 4.96. The molecule has 10 heteroatoms. The van der Waals surface area contributed by atoms with Crippen LogP contribution in [0.15, 0.2) is 42.7 Å². The number of rotatable bonds is 6.